The number of nitrogens with one attached hydrogen (secondary N) is 2. The molecule has 29 heavy (non-hydrogen) atoms. The van der Waals surface area contributed by atoms with Crippen LogP contribution in [0.25, 0.3) is 0 Å². The Labute approximate surface area is 183 Å². The number of amides is 1. The van der Waals surface area contributed by atoms with Crippen LogP contribution in [0.15, 0.2) is 18.2 Å². The molecule has 1 saturated heterocycles. The van der Waals surface area contributed by atoms with E-state index >= 15 is 0 Å². The standard InChI is InChI=1S/C22H33ClN3O.2CH2/c23-21-10-9-19(17-26-13-6-11-24-12-14-26)15-20(21)22(27)25-16-18-7-4-2-1-3-5-8-18;;/h9-10,15,24H,1-8,11-14,16-17H2,(H,25,27);2*1H2. The average molecular weight is 419 g/mol. The fourth-order valence-electron chi connectivity index (χ4n) is 4.05. The minimum atomic E-state index is -0.0473. The van der Waals surface area contributed by atoms with Gasteiger partial charge in [-0.3, -0.25) is 9.69 Å². The molecule has 0 unspecified atom stereocenters. The maximum atomic E-state index is 12.7. The van der Waals surface area contributed by atoms with E-state index in [0.29, 0.717) is 17.1 Å². The molecule has 161 valence electrons. The number of carbonyl (C=O) groups is 1. The van der Waals surface area contributed by atoms with Gasteiger partial charge in [-0.25, -0.2) is 0 Å². The van der Waals surface area contributed by atoms with Crippen LogP contribution in [0, 0.1) is 20.8 Å². The quantitative estimate of drug-likeness (QED) is 0.719. The van der Waals surface area contributed by atoms with Crippen LogP contribution in [-0.4, -0.2) is 43.5 Å². The predicted octanol–water partition coefficient (Wildman–Crippen LogP) is 4.84. The fourth-order valence-corrected chi connectivity index (χ4v) is 4.25. The highest BCUT2D eigenvalue weighted by molar-refractivity contribution is 6.33. The Bertz CT molecular complexity index is 592. The molecule has 1 saturated carbocycles. The molecule has 5 heteroatoms. The largest absolute Gasteiger partial charge is 0.351 e. The van der Waals surface area contributed by atoms with E-state index in [4.69, 9.17) is 11.6 Å². The predicted molar refractivity (Wildman–Crippen MR) is 123 cm³/mol. The van der Waals surface area contributed by atoms with E-state index in [0.717, 1.165) is 51.1 Å². The van der Waals surface area contributed by atoms with Crippen LogP contribution in [-0.2, 0) is 6.54 Å². The lowest BCUT2D eigenvalue weighted by molar-refractivity contribution is 0.0954. The molecule has 1 aliphatic heterocycles. The molecule has 1 aromatic rings. The number of nitrogens with zero attached hydrogens (tertiary/aromatic N) is 1. The number of hydrogen-bond donors (Lipinski definition) is 2. The number of halogens is 1. The normalized spacial score (nSPS) is 19.1. The summed E-state index contributed by atoms with van der Waals surface area (Å²) in [6.45, 7) is 5.81. The van der Waals surface area contributed by atoms with E-state index in [-0.39, 0.29) is 20.8 Å². The van der Waals surface area contributed by atoms with E-state index in [1.165, 1.54) is 44.4 Å². The molecule has 3 rings (SSSR count). The van der Waals surface area contributed by atoms with Gasteiger partial charge in [0, 0.05) is 26.2 Å². The van der Waals surface area contributed by atoms with Crippen LogP contribution in [0.3, 0.4) is 0 Å². The Balaban J connectivity index is 0.00000210. The Morgan fingerprint density at radius 2 is 1.72 bits per heavy atom. The van der Waals surface area contributed by atoms with Crippen molar-refractivity contribution in [1.29, 1.82) is 0 Å². The first-order valence-electron chi connectivity index (χ1n) is 10.6. The van der Waals surface area contributed by atoms with E-state index < -0.39 is 0 Å². The summed E-state index contributed by atoms with van der Waals surface area (Å²) in [4.78, 5) is 15.2. The average Bonchev–Trinajstić information content (AvgIpc) is 2.91. The van der Waals surface area contributed by atoms with Crippen LogP contribution in [0.4, 0.5) is 0 Å². The second kappa shape index (κ2) is 14.0. The Morgan fingerprint density at radius 3 is 2.48 bits per heavy atom. The van der Waals surface area contributed by atoms with Crippen molar-refractivity contribution in [3.8, 4) is 0 Å². The third-order valence-corrected chi connectivity index (χ3v) is 6.00. The Hall–Kier alpha value is -1.10. The topological polar surface area (TPSA) is 44.4 Å². The van der Waals surface area contributed by atoms with Gasteiger partial charge in [-0.15, -0.1) is 0 Å². The molecule has 1 aromatic carbocycles. The van der Waals surface area contributed by atoms with Gasteiger partial charge in [-0.1, -0.05) is 64.6 Å². The Morgan fingerprint density at radius 1 is 1.00 bits per heavy atom. The molecule has 2 fully saturated rings. The van der Waals surface area contributed by atoms with Gasteiger partial charge in [0.05, 0.1) is 10.6 Å². The molecule has 2 aliphatic rings. The van der Waals surface area contributed by atoms with Crippen molar-refractivity contribution in [2.24, 2.45) is 0 Å². The van der Waals surface area contributed by atoms with Crippen molar-refractivity contribution in [3.63, 3.8) is 0 Å². The first-order chi connectivity index (χ1) is 13.2. The molecule has 0 bridgehead atoms. The molecule has 0 spiro atoms. The maximum Gasteiger partial charge on any atom is 0.252 e. The highest BCUT2D eigenvalue weighted by Gasteiger charge is 2.17. The van der Waals surface area contributed by atoms with Crippen molar-refractivity contribution in [2.75, 3.05) is 32.7 Å². The first-order valence-corrected chi connectivity index (χ1v) is 10.9. The third kappa shape index (κ3) is 8.65. The highest BCUT2D eigenvalue weighted by atomic mass is 35.5. The zero-order chi connectivity index (χ0) is 18.9. The number of rotatable bonds is 5. The molecular formula is C24H37ClN3O. The molecular weight excluding hydrogens is 382 g/mol. The van der Waals surface area contributed by atoms with Gasteiger partial charge in [-0.05, 0) is 56.0 Å². The molecule has 2 N–H and O–H groups in total. The van der Waals surface area contributed by atoms with Gasteiger partial charge in [0.25, 0.3) is 5.91 Å². The van der Waals surface area contributed by atoms with Crippen LogP contribution in [0.1, 0.15) is 67.3 Å². The molecule has 0 aromatic heterocycles. The summed E-state index contributed by atoms with van der Waals surface area (Å²) in [5.41, 5.74) is 1.76. The van der Waals surface area contributed by atoms with Crippen LogP contribution in [0.2, 0.25) is 5.02 Å². The number of hydrogen-bond acceptors (Lipinski definition) is 3. The molecule has 1 amide bonds. The minimum Gasteiger partial charge on any atom is -0.351 e. The maximum absolute atomic E-state index is 12.7. The van der Waals surface area contributed by atoms with E-state index in [1.807, 2.05) is 18.2 Å². The first kappa shape index (κ1) is 25.9. The molecule has 1 aliphatic carbocycles. The van der Waals surface area contributed by atoms with Crippen LogP contribution < -0.4 is 10.6 Å². The summed E-state index contributed by atoms with van der Waals surface area (Å²) in [6.07, 6.45) is 9.97. The van der Waals surface area contributed by atoms with Gasteiger partial charge in [0.15, 0.2) is 0 Å². The lowest BCUT2D eigenvalue weighted by atomic mass is 9.91. The molecule has 0 atom stereocenters. The number of carbonyl (C=O) groups excluding carboxylic acids is 1. The van der Waals surface area contributed by atoms with Crippen molar-refractivity contribution >= 4 is 17.5 Å². The molecule has 4 nitrogen and oxygen atoms in total. The van der Waals surface area contributed by atoms with Crippen molar-refractivity contribution < 1.29 is 4.79 Å². The zero-order valence-corrected chi connectivity index (χ0v) is 18.5. The lowest BCUT2D eigenvalue weighted by Gasteiger charge is -2.21. The van der Waals surface area contributed by atoms with E-state index in [1.54, 1.807) is 0 Å². The summed E-state index contributed by atoms with van der Waals surface area (Å²) in [5, 5.41) is 7.08. The van der Waals surface area contributed by atoms with E-state index in [9.17, 15) is 4.79 Å². The molecule has 5 radical (unpaired) electrons. The minimum absolute atomic E-state index is 0. The van der Waals surface area contributed by atoms with Gasteiger partial charge in [0.1, 0.15) is 0 Å². The van der Waals surface area contributed by atoms with Gasteiger partial charge in [0.2, 0.25) is 0 Å². The second-order valence-electron chi connectivity index (χ2n) is 7.89. The Kier molecular flexibility index (Phi) is 12.5. The van der Waals surface area contributed by atoms with Gasteiger partial charge in [-0.2, -0.15) is 0 Å². The van der Waals surface area contributed by atoms with Crippen molar-refractivity contribution in [2.45, 2.75) is 57.9 Å². The molecule has 1 heterocycles. The van der Waals surface area contributed by atoms with Gasteiger partial charge < -0.3 is 10.6 Å². The van der Waals surface area contributed by atoms with Crippen LogP contribution in [0.5, 0.6) is 0 Å². The lowest BCUT2D eigenvalue weighted by Crippen LogP contribution is -2.30. The van der Waals surface area contributed by atoms with Crippen molar-refractivity contribution in [1.82, 2.24) is 15.5 Å². The number of benzene rings is 1. The summed E-state index contributed by atoms with van der Waals surface area (Å²) >= 11 is 6.34. The van der Waals surface area contributed by atoms with Crippen LogP contribution >= 0.6 is 11.6 Å². The van der Waals surface area contributed by atoms with Gasteiger partial charge >= 0.3 is 0 Å². The summed E-state index contributed by atoms with van der Waals surface area (Å²) in [5.74, 6) is 1.43. The monoisotopic (exact) mass is 418 g/mol. The summed E-state index contributed by atoms with van der Waals surface area (Å²) < 4.78 is 0. The third-order valence-electron chi connectivity index (χ3n) is 5.67. The van der Waals surface area contributed by atoms with E-state index in [2.05, 4.69) is 15.5 Å². The SMILES string of the molecule is O=C(NC[C]1CCCCCCC1)c1cc(CN2CCCNCC2)ccc1Cl.[CH2].[CH2]. The zero-order valence-electron chi connectivity index (χ0n) is 17.8. The second-order valence-corrected chi connectivity index (χ2v) is 8.30. The smallest absolute Gasteiger partial charge is 0.252 e. The summed E-state index contributed by atoms with van der Waals surface area (Å²) in [7, 11) is 0. The van der Waals surface area contributed by atoms with Crippen molar-refractivity contribution in [3.05, 3.63) is 55.1 Å². The highest BCUT2D eigenvalue weighted by Crippen LogP contribution is 2.24. The summed E-state index contributed by atoms with van der Waals surface area (Å²) in [6, 6.07) is 5.88. The fraction of sp³-hybridized carbons (Fsp3) is 0.583.